The third-order valence-electron chi connectivity index (χ3n) is 6.80. The molecule has 2 fully saturated rings. The van der Waals surface area contributed by atoms with Gasteiger partial charge in [-0.2, -0.15) is 4.31 Å². The Balaban J connectivity index is 1.29. The minimum atomic E-state index is -3.30. The molecular weight excluding hydrogens is 416 g/mol. The smallest absolute Gasteiger partial charge is 0.239 e. The minimum absolute atomic E-state index is 0.000432. The minimum Gasteiger partial charge on any atom is -0.353 e. The van der Waals surface area contributed by atoms with Crippen molar-refractivity contribution in [2.24, 2.45) is 5.92 Å². The second-order valence-corrected chi connectivity index (χ2v) is 10.9. The van der Waals surface area contributed by atoms with E-state index in [2.05, 4.69) is 34.5 Å². The molecule has 9 heteroatoms. The van der Waals surface area contributed by atoms with Crippen molar-refractivity contribution in [3.8, 4) is 0 Å². The van der Waals surface area contributed by atoms with Crippen molar-refractivity contribution in [1.29, 1.82) is 0 Å². The van der Waals surface area contributed by atoms with Gasteiger partial charge < -0.3 is 10.2 Å². The van der Waals surface area contributed by atoms with Crippen LogP contribution in [-0.4, -0.2) is 85.9 Å². The number of likely N-dealkylation sites (tertiary alicyclic amines) is 1. The van der Waals surface area contributed by atoms with E-state index in [4.69, 9.17) is 0 Å². The van der Waals surface area contributed by atoms with Crippen LogP contribution in [0.15, 0.2) is 24.3 Å². The third-order valence-corrected chi connectivity index (χ3v) is 8.04. The lowest BCUT2D eigenvalue weighted by Crippen LogP contribution is -2.49. The Bertz CT molecular complexity index is 935. The summed E-state index contributed by atoms with van der Waals surface area (Å²) >= 11 is 0. The van der Waals surface area contributed by atoms with Crippen LogP contribution in [0, 0.1) is 5.92 Å². The van der Waals surface area contributed by atoms with Crippen molar-refractivity contribution < 1.29 is 18.0 Å². The van der Waals surface area contributed by atoms with Crippen molar-refractivity contribution in [2.75, 3.05) is 45.5 Å². The molecule has 0 radical (unpaired) electrons. The summed E-state index contributed by atoms with van der Waals surface area (Å²) in [7, 11) is -3.30. The van der Waals surface area contributed by atoms with Crippen molar-refractivity contribution >= 4 is 21.8 Å². The number of carbonyl (C=O) groups is 2. The molecule has 2 atom stereocenters. The van der Waals surface area contributed by atoms with Gasteiger partial charge in [0, 0.05) is 45.7 Å². The number of rotatable bonds is 6. The van der Waals surface area contributed by atoms with Crippen LogP contribution in [0.2, 0.25) is 0 Å². The highest BCUT2D eigenvalue weighted by Gasteiger charge is 2.43. The average molecular weight is 449 g/mol. The third kappa shape index (κ3) is 5.27. The molecule has 0 aliphatic carbocycles. The second kappa shape index (κ2) is 9.26. The molecule has 8 nitrogen and oxygen atoms in total. The number of fused-ring (bicyclic) bond motifs is 2. The lowest BCUT2D eigenvalue weighted by molar-refractivity contribution is -0.138. The summed E-state index contributed by atoms with van der Waals surface area (Å²) < 4.78 is 25.4. The maximum Gasteiger partial charge on any atom is 0.239 e. The predicted molar refractivity (Wildman–Crippen MR) is 118 cm³/mol. The molecule has 3 aliphatic rings. The molecule has 31 heavy (non-hydrogen) atoms. The van der Waals surface area contributed by atoms with Gasteiger partial charge in [0.2, 0.25) is 21.8 Å². The van der Waals surface area contributed by atoms with Crippen molar-refractivity contribution in [3.63, 3.8) is 0 Å². The molecule has 0 unspecified atom stereocenters. The maximum atomic E-state index is 12.7. The highest BCUT2D eigenvalue weighted by molar-refractivity contribution is 7.88. The number of sulfonamides is 1. The zero-order chi connectivity index (χ0) is 22.0. The van der Waals surface area contributed by atoms with Crippen LogP contribution in [0.4, 0.5) is 0 Å². The average Bonchev–Trinajstić information content (AvgIpc) is 3.10. The van der Waals surface area contributed by atoms with E-state index in [1.54, 1.807) is 4.90 Å². The van der Waals surface area contributed by atoms with Crippen molar-refractivity contribution in [1.82, 2.24) is 19.4 Å². The predicted octanol–water partition coefficient (Wildman–Crippen LogP) is 0.433. The lowest BCUT2D eigenvalue weighted by Gasteiger charge is -2.30. The monoisotopic (exact) mass is 448 g/mol. The highest BCUT2D eigenvalue weighted by atomic mass is 32.2. The molecule has 4 rings (SSSR count). The summed E-state index contributed by atoms with van der Waals surface area (Å²) in [6.07, 6.45) is 4.21. The number of benzene rings is 1. The summed E-state index contributed by atoms with van der Waals surface area (Å²) in [6.45, 7) is 3.89. The van der Waals surface area contributed by atoms with Crippen LogP contribution >= 0.6 is 0 Å². The van der Waals surface area contributed by atoms with Crippen molar-refractivity contribution in [2.45, 2.75) is 38.3 Å². The normalized spacial score (nSPS) is 25.1. The number of nitrogens with zero attached hydrogens (tertiary/aromatic N) is 3. The van der Waals surface area contributed by atoms with Gasteiger partial charge in [0.1, 0.15) is 0 Å². The van der Waals surface area contributed by atoms with E-state index < -0.39 is 10.0 Å². The highest BCUT2D eigenvalue weighted by Crippen LogP contribution is 2.31. The van der Waals surface area contributed by atoms with E-state index in [1.807, 2.05) is 0 Å². The van der Waals surface area contributed by atoms with E-state index in [9.17, 15) is 18.0 Å². The number of hydrogen-bond donors (Lipinski definition) is 1. The van der Waals surface area contributed by atoms with Crippen LogP contribution in [0.25, 0.3) is 0 Å². The van der Waals surface area contributed by atoms with Crippen LogP contribution in [-0.2, 0) is 32.6 Å². The van der Waals surface area contributed by atoms with Gasteiger partial charge in [0.25, 0.3) is 0 Å². The number of carbonyl (C=O) groups excluding carboxylic acids is 2. The molecule has 2 saturated heterocycles. The van der Waals surface area contributed by atoms with E-state index in [0.29, 0.717) is 19.5 Å². The molecule has 0 saturated carbocycles. The Morgan fingerprint density at radius 1 is 1.16 bits per heavy atom. The van der Waals surface area contributed by atoms with Gasteiger partial charge in [-0.3, -0.25) is 14.5 Å². The molecule has 170 valence electrons. The van der Waals surface area contributed by atoms with Gasteiger partial charge >= 0.3 is 0 Å². The first-order valence-corrected chi connectivity index (χ1v) is 13.0. The summed E-state index contributed by atoms with van der Waals surface area (Å²) in [4.78, 5) is 29.2. The fourth-order valence-electron chi connectivity index (χ4n) is 5.08. The summed E-state index contributed by atoms with van der Waals surface area (Å²) in [5.41, 5.74) is 2.75. The first-order chi connectivity index (χ1) is 14.8. The molecule has 3 heterocycles. The van der Waals surface area contributed by atoms with Gasteiger partial charge in [-0.05, 0) is 36.3 Å². The van der Waals surface area contributed by atoms with Crippen LogP contribution in [0.1, 0.15) is 30.4 Å². The largest absolute Gasteiger partial charge is 0.353 e. The summed E-state index contributed by atoms with van der Waals surface area (Å²) in [5, 5.41) is 2.96. The van der Waals surface area contributed by atoms with E-state index in [-0.39, 0.29) is 36.9 Å². The first kappa shape index (κ1) is 22.2. The van der Waals surface area contributed by atoms with Crippen LogP contribution in [0.5, 0.6) is 0 Å². The Morgan fingerprint density at radius 3 is 2.71 bits per heavy atom. The Morgan fingerprint density at radius 2 is 1.94 bits per heavy atom. The fraction of sp³-hybridized carbons (Fsp3) is 0.636. The molecule has 2 amide bonds. The van der Waals surface area contributed by atoms with Gasteiger partial charge in [0.05, 0.1) is 18.8 Å². The molecule has 3 aliphatic heterocycles. The number of nitrogens with one attached hydrogen (secondary N) is 1. The summed E-state index contributed by atoms with van der Waals surface area (Å²) in [6, 6.07) is 8.25. The van der Waals surface area contributed by atoms with Gasteiger partial charge in [0.15, 0.2) is 0 Å². The fourth-order valence-corrected chi connectivity index (χ4v) is 5.97. The lowest BCUT2D eigenvalue weighted by atomic mass is 9.98. The van der Waals surface area contributed by atoms with E-state index in [0.717, 1.165) is 38.9 Å². The topological polar surface area (TPSA) is 90.0 Å². The maximum absolute atomic E-state index is 12.7. The number of amides is 2. The molecule has 1 N–H and O–H groups in total. The molecule has 0 bridgehead atoms. The van der Waals surface area contributed by atoms with Gasteiger partial charge in [-0.15, -0.1) is 0 Å². The SMILES string of the molecule is CS(=O)(=O)N1C[C@H]2CCCC(=O)N(CC(=O)NCCN3CCc4ccccc4C3)[C@H]2C1. The van der Waals surface area contributed by atoms with Gasteiger partial charge in [-0.25, -0.2) is 8.42 Å². The second-order valence-electron chi connectivity index (χ2n) is 8.97. The Hall–Kier alpha value is -1.97. The number of hydrogen-bond acceptors (Lipinski definition) is 5. The summed E-state index contributed by atoms with van der Waals surface area (Å²) in [5.74, 6) is -0.128. The quantitative estimate of drug-likeness (QED) is 0.682. The standard InChI is InChI=1S/C22H32N4O4S/c1-31(29,30)25-14-19-7-4-8-22(28)26(20(19)15-25)16-21(27)23-10-12-24-11-9-17-5-2-3-6-18(17)13-24/h2-3,5-6,19-20H,4,7-16H2,1H3,(H,23,27)/t19-,20+/m1/s1. The molecular formula is C22H32N4O4S. The van der Waals surface area contributed by atoms with Crippen molar-refractivity contribution in [3.05, 3.63) is 35.4 Å². The van der Waals surface area contributed by atoms with E-state index in [1.165, 1.54) is 21.7 Å². The van der Waals surface area contributed by atoms with Crippen LogP contribution < -0.4 is 5.32 Å². The zero-order valence-corrected chi connectivity index (χ0v) is 18.9. The Labute approximate surface area is 184 Å². The molecule has 0 spiro atoms. The molecule has 1 aromatic carbocycles. The zero-order valence-electron chi connectivity index (χ0n) is 18.1. The van der Waals surface area contributed by atoms with Crippen LogP contribution in [0.3, 0.4) is 0 Å². The van der Waals surface area contributed by atoms with Gasteiger partial charge in [-0.1, -0.05) is 24.3 Å². The first-order valence-electron chi connectivity index (χ1n) is 11.1. The molecule has 1 aromatic rings. The molecule has 0 aromatic heterocycles. The van der Waals surface area contributed by atoms with E-state index >= 15 is 0 Å². The Kier molecular flexibility index (Phi) is 6.64.